The van der Waals surface area contributed by atoms with Crippen molar-refractivity contribution in [1.29, 1.82) is 0 Å². The molecule has 0 aliphatic carbocycles. The molecule has 1 N–H and O–H groups in total. The molecular weight excluding hydrogens is 256 g/mol. The van der Waals surface area contributed by atoms with Gasteiger partial charge in [-0.2, -0.15) is 0 Å². The fourth-order valence-corrected chi connectivity index (χ4v) is 2.42. The average Bonchev–Trinajstić information content (AvgIpc) is 2.44. The zero-order chi connectivity index (χ0) is 15.5. The maximum absolute atomic E-state index is 12.5. The molecule has 5 heteroatoms. The monoisotopic (exact) mass is 284 g/mol. The summed E-state index contributed by atoms with van der Waals surface area (Å²) in [6, 6.07) is 0. The second-order valence-corrected chi connectivity index (χ2v) is 6.65. The molecule has 1 atom stereocenters. The molecule has 0 radical (unpaired) electrons. The number of carbonyl (C=O) groups excluding carboxylic acids is 2. The Bertz CT molecular complexity index is 366. The number of nitrogens with zero attached hydrogens (tertiary/aromatic N) is 2. The number of piperidine rings is 1. The van der Waals surface area contributed by atoms with Gasteiger partial charge >= 0.3 is 0 Å². The quantitative estimate of drug-likeness (QED) is 0.841. The molecule has 1 rings (SSSR count). The van der Waals surface area contributed by atoms with Crippen molar-refractivity contribution < 1.29 is 14.7 Å². The van der Waals surface area contributed by atoms with E-state index in [1.165, 1.54) is 0 Å². The van der Waals surface area contributed by atoms with Gasteiger partial charge in [-0.15, -0.1) is 0 Å². The van der Waals surface area contributed by atoms with Gasteiger partial charge in [0.25, 0.3) is 0 Å². The molecule has 1 saturated heterocycles. The number of rotatable bonds is 4. The first kappa shape index (κ1) is 17.0. The van der Waals surface area contributed by atoms with E-state index >= 15 is 0 Å². The summed E-state index contributed by atoms with van der Waals surface area (Å²) in [5.41, 5.74) is -0.568. The lowest BCUT2D eigenvalue weighted by Crippen LogP contribution is -2.53. The molecule has 1 aliphatic rings. The van der Waals surface area contributed by atoms with E-state index in [0.717, 1.165) is 19.4 Å². The van der Waals surface area contributed by atoms with Gasteiger partial charge in [-0.05, 0) is 26.7 Å². The van der Waals surface area contributed by atoms with Crippen LogP contribution in [-0.2, 0) is 9.59 Å². The van der Waals surface area contributed by atoms with Crippen molar-refractivity contribution in [3.63, 3.8) is 0 Å². The minimum atomic E-state index is -0.568. The molecule has 116 valence electrons. The Morgan fingerprint density at radius 2 is 2.00 bits per heavy atom. The van der Waals surface area contributed by atoms with Crippen molar-refractivity contribution in [2.24, 2.45) is 11.8 Å². The summed E-state index contributed by atoms with van der Waals surface area (Å²) in [6.07, 6.45) is 1.68. The zero-order valence-electron chi connectivity index (χ0n) is 13.3. The first-order chi connectivity index (χ1) is 9.20. The van der Waals surface area contributed by atoms with Crippen molar-refractivity contribution in [3.05, 3.63) is 0 Å². The molecule has 1 aliphatic heterocycles. The van der Waals surface area contributed by atoms with Gasteiger partial charge in [-0.1, -0.05) is 13.8 Å². The number of amides is 2. The van der Waals surface area contributed by atoms with Crippen LogP contribution < -0.4 is 0 Å². The van der Waals surface area contributed by atoms with E-state index < -0.39 is 5.54 Å². The Balaban J connectivity index is 2.72. The van der Waals surface area contributed by atoms with Gasteiger partial charge in [0, 0.05) is 26.1 Å². The van der Waals surface area contributed by atoms with E-state index in [2.05, 4.69) is 0 Å². The van der Waals surface area contributed by atoms with Crippen LogP contribution in [0.1, 0.15) is 40.5 Å². The molecular formula is C15H28N2O3. The predicted octanol–water partition coefficient (Wildman–Crippen LogP) is 1.11. The molecule has 0 aromatic rings. The normalized spacial score (nSPS) is 20.1. The smallest absolute Gasteiger partial charge is 0.227 e. The zero-order valence-corrected chi connectivity index (χ0v) is 13.3. The molecule has 2 amide bonds. The Morgan fingerprint density at radius 3 is 2.50 bits per heavy atom. The van der Waals surface area contributed by atoms with Crippen LogP contribution in [0, 0.1) is 11.8 Å². The Labute approximate surface area is 121 Å². The molecule has 1 unspecified atom stereocenters. The lowest BCUT2D eigenvalue weighted by atomic mass is 9.93. The van der Waals surface area contributed by atoms with Crippen LogP contribution >= 0.6 is 0 Å². The Hall–Kier alpha value is -1.10. The van der Waals surface area contributed by atoms with Gasteiger partial charge in [0.05, 0.1) is 18.1 Å². The lowest BCUT2D eigenvalue weighted by Gasteiger charge is -2.39. The van der Waals surface area contributed by atoms with Crippen LogP contribution in [0.4, 0.5) is 0 Å². The topological polar surface area (TPSA) is 60.9 Å². The SMILES string of the molecule is CC(C)C(=O)N1CCCC(C(=O)N(C)C(C)(C)CO)C1. The van der Waals surface area contributed by atoms with E-state index in [9.17, 15) is 14.7 Å². The second kappa shape index (κ2) is 6.57. The molecule has 1 fully saturated rings. The van der Waals surface area contributed by atoms with Crippen molar-refractivity contribution in [3.8, 4) is 0 Å². The molecule has 0 bridgehead atoms. The van der Waals surface area contributed by atoms with Crippen molar-refractivity contribution in [2.45, 2.75) is 46.1 Å². The summed E-state index contributed by atoms with van der Waals surface area (Å²) in [5, 5.41) is 9.37. The highest BCUT2D eigenvalue weighted by molar-refractivity contribution is 5.82. The van der Waals surface area contributed by atoms with Gasteiger partial charge in [0.1, 0.15) is 0 Å². The van der Waals surface area contributed by atoms with Gasteiger partial charge < -0.3 is 14.9 Å². The summed E-state index contributed by atoms with van der Waals surface area (Å²) >= 11 is 0. The summed E-state index contributed by atoms with van der Waals surface area (Å²) in [6.45, 7) is 8.62. The summed E-state index contributed by atoms with van der Waals surface area (Å²) in [4.78, 5) is 28.0. The van der Waals surface area contributed by atoms with E-state index in [-0.39, 0.29) is 30.3 Å². The number of hydrogen-bond donors (Lipinski definition) is 1. The minimum Gasteiger partial charge on any atom is -0.394 e. The van der Waals surface area contributed by atoms with E-state index in [4.69, 9.17) is 0 Å². The van der Waals surface area contributed by atoms with Crippen LogP contribution in [0.15, 0.2) is 0 Å². The van der Waals surface area contributed by atoms with Crippen LogP contribution in [0.5, 0.6) is 0 Å². The lowest BCUT2D eigenvalue weighted by molar-refractivity contribution is -0.145. The standard InChI is InChI=1S/C15H28N2O3/c1-11(2)13(19)17-8-6-7-12(9-17)14(20)16(5)15(3,4)10-18/h11-12,18H,6-10H2,1-5H3. The average molecular weight is 284 g/mol. The summed E-state index contributed by atoms with van der Waals surface area (Å²) in [7, 11) is 1.72. The van der Waals surface area contributed by atoms with Crippen LogP contribution in [0.2, 0.25) is 0 Å². The molecule has 1 heterocycles. The molecule has 0 spiro atoms. The van der Waals surface area contributed by atoms with Crippen molar-refractivity contribution in [2.75, 3.05) is 26.7 Å². The minimum absolute atomic E-state index is 0.0188. The van der Waals surface area contributed by atoms with Gasteiger partial charge in [-0.3, -0.25) is 9.59 Å². The number of aliphatic hydroxyl groups is 1. The third-order valence-corrected chi connectivity index (χ3v) is 4.20. The highest BCUT2D eigenvalue weighted by Gasteiger charge is 2.35. The van der Waals surface area contributed by atoms with Crippen LogP contribution in [0.3, 0.4) is 0 Å². The maximum atomic E-state index is 12.5. The van der Waals surface area contributed by atoms with E-state index in [1.54, 1.807) is 16.8 Å². The Morgan fingerprint density at radius 1 is 1.40 bits per heavy atom. The van der Waals surface area contributed by atoms with E-state index in [1.807, 2.05) is 27.7 Å². The number of carbonyl (C=O) groups is 2. The first-order valence-electron chi connectivity index (χ1n) is 7.38. The van der Waals surface area contributed by atoms with Gasteiger partial charge in [0.2, 0.25) is 11.8 Å². The molecule has 0 aromatic heterocycles. The highest BCUT2D eigenvalue weighted by Crippen LogP contribution is 2.23. The summed E-state index contributed by atoms with van der Waals surface area (Å²) < 4.78 is 0. The Kier molecular flexibility index (Phi) is 5.57. The van der Waals surface area contributed by atoms with Crippen LogP contribution in [-0.4, -0.2) is 59.0 Å². The van der Waals surface area contributed by atoms with Gasteiger partial charge in [0.15, 0.2) is 0 Å². The van der Waals surface area contributed by atoms with E-state index in [0.29, 0.717) is 6.54 Å². The molecule has 20 heavy (non-hydrogen) atoms. The fourth-order valence-electron chi connectivity index (χ4n) is 2.42. The molecule has 5 nitrogen and oxygen atoms in total. The summed E-state index contributed by atoms with van der Waals surface area (Å²) in [5.74, 6) is -0.0467. The number of likely N-dealkylation sites (N-methyl/N-ethyl adjacent to an activating group) is 1. The van der Waals surface area contributed by atoms with Crippen LogP contribution in [0.25, 0.3) is 0 Å². The number of hydrogen-bond acceptors (Lipinski definition) is 3. The fraction of sp³-hybridized carbons (Fsp3) is 0.867. The number of aliphatic hydroxyl groups excluding tert-OH is 1. The molecule has 0 saturated carbocycles. The predicted molar refractivity (Wildman–Crippen MR) is 78.1 cm³/mol. The molecule has 0 aromatic carbocycles. The number of likely N-dealkylation sites (tertiary alicyclic amines) is 1. The third-order valence-electron chi connectivity index (χ3n) is 4.20. The third kappa shape index (κ3) is 3.72. The van der Waals surface area contributed by atoms with Gasteiger partial charge in [-0.25, -0.2) is 0 Å². The second-order valence-electron chi connectivity index (χ2n) is 6.65. The first-order valence-corrected chi connectivity index (χ1v) is 7.38. The highest BCUT2D eigenvalue weighted by atomic mass is 16.3. The largest absolute Gasteiger partial charge is 0.394 e. The van der Waals surface area contributed by atoms with Crippen molar-refractivity contribution in [1.82, 2.24) is 9.80 Å². The maximum Gasteiger partial charge on any atom is 0.227 e. The van der Waals surface area contributed by atoms with Crippen molar-refractivity contribution >= 4 is 11.8 Å².